The van der Waals surface area contributed by atoms with Crippen LogP contribution in [0.3, 0.4) is 0 Å². The van der Waals surface area contributed by atoms with Gasteiger partial charge in [0.2, 0.25) is 5.66 Å². The zero-order valence-electron chi connectivity index (χ0n) is 14.7. The van der Waals surface area contributed by atoms with Gasteiger partial charge in [0.25, 0.3) is 0 Å². The van der Waals surface area contributed by atoms with Gasteiger partial charge in [0.15, 0.2) is 0 Å². The molecule has 148 valence electrons. The number of carbonyl (C=O) groups is 2. The maximum Gasteiger partial charge on any atom is 0.512 e. The van der Waals surface area contributed by atoms with Crippen LogP contribution >= 0.6 is 19.6 Å². The van der Waals surface area contributed by atoms with E-state index >= 15 is 0 Å². The van der Waals surface area contributed by atoms with E-state index in [1.807, 2.05) is 0 Å². The molecule has 0 saturated heterocycles. The molecule has 2 rings (SSSR count). The number of rotatable bonds is 10. The number of anilines is 1. The lowest BCUT2D eigenvalue weighted by Crippen LogP contribution is -2.35. The second-order valence-corrected chi connectivity index (χ2v) is 7.79. The van der Waals surface area contributed by atoms with Crippen LogP contribution in [0.2, 0.25) is 5.02 Å². The van der Waals surface area contributed by atoms with Crippen LogP contribution in [0.1, 0.15) is 24.4 Å². The molecule has 7 nitrogen and oxygen atoms in total. The topological polar surface area (TPSA) is 124 Å². The fourth-order valence-electron chi connectivity index (χ4n) is 3.01. The van der Waals surface area contributed by atoms with Crippen molar-refractivity contribution in [2.45, 2.75) is 24.5 Å². The Morgan fingerprint density at radius 3 is 2.18 bits per heavy atom. The SMILES string of the molecule is O=C(O)CCC(C(=O)O)C(C(Nc1ccccc1Cl)c1ccccc1)[P+](=O)O. The largest absolute Gasteiger partial charge is 0.512 e. The monoisotopic (exact) mass is 424 g/mol. The van der Waals surface area contributed by atoms with E-state index in [2.05, 4.69) is 5.32 Å². The minimum Gasteiger partial charge on any atom is -0.481 e. The number of halogens is 1. The summed E-state index contributed by atoms with van der Waals surface area (Å²) in [6.45, 7) is 0. The van der Waals surface area contributed by atoms with Crippen LogP contribution in [0.4, 0.5) is 5.69 Å². The van der Waals surface area contributed by atoms with Gasteiger partial charge >= 0.3 is 20.0 Å². The molecule has 2 aromatic carbocycles. The van der Waals surface area contributed by atoms with Crippen molar-refractivity contribution in [3.8, 4) is 0 Å². The first kappa shape index (κ1) is 21.8. The molecular formula is C19H20ClNO6P+. The summed E-state index contributed by atoms with van der Waals surface area (Å²) >= 11 is 6.19. The fourth-order valence-corrected chi connectivity index (χ4v) is 4.28. The number of carboxylic acids is 2. The van der Waals surface area contributed by atoms with Crippen LogP contribution < -0.4 is 5.32 Å². The molecule has 4 unspecified atom stereocenters. The van der Waals surface area contributed by atoms with Crippen LogP contribution in [0.5, 0.6) is 0 Å². The lowest BCUT2D eigenvalue weighted by molar-refractivity contribution is -0.143. The molecule has 28 heavy (non-hydrogen) atoms. The van der Waals surface area contributed by atoms with Crippen LogP contribution in [0.25, 0.3) is 0 Å². The zero-order valence-corrected chi connectivity index (χ0v) is 16.4. The van der Waals surface area contributed by atoms with Gasteiger partial charge < -0.3 is 15.5 Å². The van der Waals surface area contributed by atoms with E-state index in [9.17, 15) is 24.2 Å². The van der Waals surface area contributed by atoms with E-state index in [4.69, 9.17) is 16.7 Å². The van der Waals surface area contributed by atoms with Crippen molar-refractivity contribution in [3.05, 3.63) is 65.2 Å². The highest BCUT2D eigenvalue weighted by Crippen LogP contribution is 2.43. The summed E-state index contributed by atoms with van der Waals surface area (Å²) in [7, 11) is -2.96. The van der Waals surface area contributed by atoms with Crippen LogP contribution in [0, 0.1) is 5.92 Å². The second kappa shape index (κ2) is 10.2. The van der Waals surface area contributed by atoms with Crippen molar-refractivity contribution >= 4 is 37.3 Å². The molecule has 0 aliphatic rings. The van der Waals surface area contributed by atoms with E-state index in [0.29, 0.717) is 16.3 Å². The molecule has 0 saturated carbocycles. The van der Waals surface area contributed by atoms with Gasteiger partial charge in [0.05, 0.1) is 10.7 Å². The Labute approximate surface area is 167 Å². The van der Waals surface area contributed by atoms with Gasteiger partial charge in [-0.1, -0.05) is 54.1 Å². The van der Waals surface area contributed by atoms with E-state index in [0.717, 1.165) is 0 Å². The van der Waals surface area contributed by atoms with Crippen LogP contribution in [0.15, 0.2) is 54.6 Å². The van der Waals surface area contributed by atoms with E-state index in [1.165, 1.54) is 0 Å². The Bertz CT molecular complexity index is 847. The third-order valence-electron chi connectivity index (χ3n) is 4.34. The molecule has 0 aromatic heterocycles. The lowest BCUT2D eigenvalue weighted by Gasteiger charge is -2.26. The van der Waals surface area contributed by atoms with Gasteiger partial charge in [-0.2, -0.15) is 4.89 Å². The molecule has 0 heterocycles. The smallest absolute Gasteiger partial charge is 0.481 e. The normalized spacial score (nSPS) is 14.6. The predicted octanol–water partition coefficient (Wildman–Crippen LogP) is 4.16. The summed E-state index contributed by atoms with van der Waals surface area (Å²) in [6, 6.07) is 14.5. The molecule has 4 N–H and O–H groups in total. The average Bonchev–Trinajstić information content (AvgIpc) is 2.65. The number of hydrogen-bond acceptors (Lipinski definition) is 4. The van der Waals surface area contributed by atoms with E-state index in [1.54, 1.807) is 54.6 Å². The quantitative estimate of drug-likeness (QED) is 0.422. The summed E-state index contributed by atoms with van der Waals surface area (Å²) in [5.41, 5.74) is -0.209. The standard InChI is InChI=1S/C19H19ClNO6P/c20-14-8-4-5-9-15(14)21-17(12-6-2-1-3-7-12)18(28(26)27)13(19(24)25)10-11-16(22)23/h1-9,13,17-18,21H,10-11H2,(H2-,22,23,24,25,26,27)/p+1. The molecule has 0 fully saturated rings. The van der Waals surface area contributed by atoms with E-state index < -0.39 is 44.0 Å². The van der Waals surface area contributed by atoms with Gasteiger partial charge in [0.1, 0.15) is 12.0 Å². The first-order chi connectivity index (χ1) is 13.3. The predicted molar refractivity (Wildman–Crippen MR) is 106 cm³/mol. The van der Waals surface area contributed by atoms with Gasteiger partial charge in [0, 0.05) is 6.42 Å². The van der Waals surface area contributed by atoms with Crippen molar-refractivity contribution in [1.29, 1.82) is 0 Å². The third-order valence-corrected chi connectivity index (χ3v) is 5.84. The summed E-state index contributed by atoms with van der Waals surface area (Å²) in [5, 5.41) is 22.0. The Kier molecular flexibility index (Phi) is 7.93. The van der Waals surface area contributed by atoms with Crippen molar-refractivity contribution in [3.63, 3.8) is 0 Å². The molecule has 0 amide bonds. The molecule has 0 spiro atoms. The van der Waals surface area contributed by atoms with Crippen molar-refractivity contribution in [2.24, 2.45) is 5.92 Å². The minimum atomic E-state index is -2.96. The average molecular weight is 425 g/mol. The summed E-state index contributed by atoms with van der Waals surface area (Å²) in [6.07, 6.45) is -0.700. The van der Waals surface area contributed by atoms with Crippen molar-refractivity contribution in [2.75, 3.05) is 5.32 Å². The molecule has 2 aromatic rings. The van der Waals surface area contributed by atoms with Gasteiger partial charge in [-0.25, -0.2) is 0 Å². The molecular weight excluding hydrogens is 405 g/mol. The van der Waals surface area contributed by atoms with Crippen LogP contribution in [-0.2, 0) is 14.2 Å². The minimum absolute atomic E-state index is 0.273. The molecule has 0 radical (unpaired) electrons. The maximum absolute atomic E-state index is 12.2. The Morgan fingerprint density at radius 2 is 1.64 bits per heavy atom. The fraction of sp³-hybridized carbons (Fsp3) is 0.263. The first-order valence-corrected chi connectivity index (χ1v) is 10.1. The number of para-hydroxylation sites is 1. The summed E-state index contributed by atoms with van der Waals surface area (Å²) in [5.74, 6) is -3.84. The highest BCUT2D eigenvalue weighted by molar-refractivity contribution is 7.39. The van der Waals surface area contributed by atoms with Gasteiger partial charge in [-0.3, -0.25) is 9.59 Å². The molecule has 4 atom stereocenters. The maximum atomic E-state index is 12.2. The Morgan fingerprint density at radius 1 is 1.04 bits per heavy atom. The zero-order chi connectivity index (χ0) is 20.7. The third kappa shape index (κ3) is 5.76. The van der Waals surface area contributed by atoms with Crippen molar-refractivity contribution in [1.82, 2.24) is 0 Å². The highest BCUT2D eigenvalue weighted by Gasteiger charge is 2.48. The van der Waals surface area contributed by atoms with Crippen LogP contribution in [-0.4, -0.2) is 32.7 Å². The number of hydrogen-bond donors (Lipinski definition) is 4. The first-order valence-electron chi connectivity index (χ1n) is 8.47. The van der Waals surface area contributed by atoms with E-state index in [-0.39, 0.29) is 6.42 Å². The highest BCUT2D eigenvalue weighted by atomic mass is 35.5. The molecule has 0 aliphatic heterocycles. The number of aliphatic carboxylic acids is 2. The summed E-state index contributed by atoms with van der Waals surface area (Å²) < 4.78 is 12.2. The number of carboxylic acid groups (broad SMARTS) is 2. The Hall–Kier alpha value is -2.47. The summed E-state index contributed by atoms with van der Waals surface area (Å²) in [4.78, 5) is 32.8. The molecule has 9 heteroatoms. The number of benzene rings is 2. The van der Waals surface area contributed by atoms with Gasteiger partial charge in [-0.15, -0.1) is 0 Å². The Balaban J connectivity index is 2.49. The van der Waals surface area contributed by atoms with Crippen molar-refractivity contribution < 1.29 is 29.3 Å². The second-order valence-electron chi connectivity index (χ2n) is 6.18. The molecule has 0 bridgehead atoms. The van der Waals surface area contributed by atoms with Gasteiger partial charge in [-0.05, 0) is 28.7 Å². The molecule has 0 aliphatic carbocycles. The lowest BCUT2D eigenvalue weighted by atomic mass is 9.90. The number of nitrogens with one attached hydrogen (secondary N) is 1.